The Labute approximate surface area is 78.0 Å². The highest BCUT2D eigenvalue weighted by Gasteiger charge is 2.09. The lowest BCUT2D eigenvalue weighted by Gasteiger charge is -2.04. The van der Waals surface area contributed by atoms with Crippen LogP contribution in [0.3, 0.4) is 0 Å². The molecule has 1 N–H and O–H groups in total. The van der Waals surface area contributed by atoms with Gasteiger partial charge in [0.2, 0.25) is 0 Å². The van der Waals surface area contributed by atoms with Crippen LogP contribution in [0.2, 0.25) is 0 Å². The summed E-state index contributed by atoms with van der Waals surface area (Å²) in [5.41, 5.74) is 1.16. The summed E-state index contributed by atoms with van der Waals surface area (Å²) in [6, 6.07) is 0. The monoisotopic (exact) mass is 188 g/mol. The average molecular weight is 188 g/mol. The molecule has 0 aromatic heterocycles. The van der Waals surface area contributed by atoms with E-state index in [2.05, 4.69) is 6.58 Å². The van der Waals surface area contributed by atoms with Crippen molar-refractivity contribution in [1.29, 1.82) is 0 Å². The number of rotatable bonds is 6. The number of aliphatic carboxylic acids is 1. The molecule has 70 valence electrons. The summed E-state index contributed by atoms with van der Waals surface area (Å²) in [6.07, 6.45) is 0.983. The van der Waals surface area contributed by atoms with Gasteiger partial charge in [0.15, 0.2) is 0 Å². The number of allylic oxidation sites excluding steroid dienone is 1. The van der Waals surface area contributed by atoms with E-state index in [1.54, 1.807) is 18.7 Å². The van der Waals surface area contributed by atoms with E-state index in [9.17, 15) is 4.79 Å². The molecule has 0 radical (unpaired) electrons. The summed E-state index contributed by atoms with van der Waals surface area (Å²) in [6.45, 7) is 7.50. The van der Waals surface area contributed by atoms with Crippen LogP contribution in [-0.2, 0) is 4.79 Å². The highest BCUT2D eigenvalue weighted by atomic mass is 32.2. The Morgan fingerprint density at radius 3 is 2.67 bits per heavy atom. The van der Waals surface area contributed by atoms with Crippen molar-refractivity contribution >= 4 is 17.7 Å². The standard InChI is InChI=1S/C9H16O2S/c1-7(2)4-5-12-6-8(3)9(10)11/h8H,1,4-6H2,2-3H3,(H,10,11). The van der Waals surface area contributed by atoms with Gasteiger partial charge in [0.25, 0.3) is 0 Å². The van der Waals surface area contributed by atoms with Crippen molar-refractivity contribution in [2.24, 2.45) is 5.92 Å². The fourth-order valence-corrected chi connectivity index (χ4v) is 1.73. The van der Waals surface area contributed by atoms with Gasteiger partial charge in [0, 0.05) is 5.75 Å². The van der Waals surface area contributed by atoms with E-state index in [4.69, 9.17) is 5.11 Å². The lowest BCUT2D eigenvalue weighted by molar-refractivity contribution is -0.140. The van der Waals surface area contributed by atoms with Crippen LogP contribution >= 0.6 is 11.8 Å². The molecule has 0 aliphatic rings. The number of hydrogen-bond donors (Lipinski definition) is 1. The van der Waals surface area contributed by atoms with Crippen LogP contribution in [-0.4, -0.2) is 22.6 Å². The van der Waals surface area contributed by atoms with Gasteiger partial charge in [0.05, 0.1) is 5.92 Å². The van der Waals surface area contributed by atoms with Crippen molar-refractivity contribution in [1.82, 2.24) is 0 Å². The van der Waals surface area contributed by atoms with E-state index in [0.29, 0.717) is 5.75 Å². The Kier molecular flexibility index (Phi) is 5.89. The number of hydrogen-bond acceptors (Lipinski definition) is 2. The highest BCUT2D eigenvalue weighted by molar-refractivity contribution is 7.99. The van der Waals surface area contributed by atoms with E-state index in [1.165, 1.54) is 0 Å². The number of thioether (sulfide) groups is 1. The molecule has 0 bridgehead atoms. The second kappa shape index (κ2) is 6.12. The molecule has 2 nitrogen and oxygen atoms in total. The Balaban J connectivity index is 3.31. The minimum Gasteiger partial charge on any atom is -0.481 e. The zero-order chi connectivity index (χ0) is 9.56. The molecule has 3 heteroatoms. The fourth-order valence-electron chi connectivity index (χ4n) is 0.578. The van der Waals surface area contributed by atoms with E-state index >= 15 is 0 Å². The van der Waals surface area contributed by atoms with Crippen molar-refractivity contribution in [3.8, 4) is 0 Å². The van der Waals surface area contributed by atoms with Crippen LogP contribution in [0.25, 0.3) is 0 Å². The van der Waals surface area contributed by atoms with Crippen molar-refractivity contribution in [2.75, 3.05) is 11.5 Å². The van der Waals surface area contributed by atoms with E-state index in [0.717, 1.165) is 17.7 Å². The summed E-state index contributed by atoms with van der Waals surface area (Å²) in [7, 11) is 0. The van der Waals surface area contributed by atoms with E-state index < -0.39 is 5.97 Å². The molecule has 0 aliphatic heterocycles. The molecule has 0 spiro atoms. The van der Waals surface area contributed by atoms with Gasteiger partial charge in [-0.15, -0.1) is 6.58 Å². The first-order valence-corrected chi connectivity index (χ1v) is 5.14. The van der Waals surface area contributed by atoms with E-state index in [1.807, 2.05) is 6.92 Å². The van der Waals surface area contributed by atoms with Crippen LogP contribution in [0.15, 0.2) is 12.2 Å². The Bertz CT molecular complexity index is 166. The molecule has 0 aromatic rings. The largest absolute Gasteiger partial charge is 0.481 e. The minimum absolute atomic E-state index is 0.236. The molecular weight excluding hydrogens is 172 g/mol. The van der Waals surface area contributed by atoms with E-state index in [-0.39, 0.29) is 5.92 Å². The minimum atomic E-state index is -0.710. The molecule has 12 heavy (non-hydrogen) atoms. The molecule has 0 amide bonds. The first kappa shape index (κ1) is 11.6. The smallest absolute Gasteiger partial charge is 0.307 e. The summed E-state index contributed by atoms with van der Waals surface area (Å²) in [5, 5.41) is 8.56. The van der Waals surface area contributed by atoms with Gasteiger partial charge in [-0.2, -0.15) is 11.8 Å². The maximum Gasteiger partial charge on any atom is 0.307 e. The SMILES string of the molecule is C=C(C)CCSCC(C)C(=O)O. The zero-order valence-corrected chi connectivity index (χ0v) is 8.49. The van der Waals surface area contributed by atoms with Gasteiger partial charge in [0.1, 0.15) is 0 Å². The first-order chi connectivity index (χ1) is 5.54. The molecule has 1 unspecified atom stereocenters. The Hall–Kier alpha value is -0.440. The molecule has 0 saturated heterocycles. The highest BCUT2D eigenvalue weighted by Crippen LogP contribution is 2.11. The van der Waals surface area contributed by atoms with Crippen LogP contribution in [0, 0.1) is 5.92 Å². The average Bonchev–Trinajstić information content (AvgIpc) is 1.97. The van der Waals surface area contributed by atoms with Gasteiger partial charge < -0.3 is 5.11 Å². The Morgan fingerprint density at radius 1 is 1.67 bits per heavy atom. The van der Waals surface area contributed by atoms with Crippen molar-refractivity contribution in [2.45, 2.75) is 20.3 Å². The molecule has 0 fully saturated rings. The van der Waals surface area contributed by atoms with Gasteiger partial charge in [-0.05, 0) is 19.1 Å². The maximum absolute atomic E-state index is 10.4. The lowest BCUT2D eigenvalue weighted by Crippen LogP contribution is -2.12. The quantitative estimate of drug-likeness (QED) is 0.513. The van der Waals surface area contributed by atoms with Crippen LogP contribution < -0.4 is 0 Å². The predicted octanol–water partition coefficient (Wildman–Crippen LogP) is 2.41. The van der Waals surface area contributed by atoms with Crippen molar-refractivity contribution in [3.63, 3.8) is 0 Å². The summed E-state index contributed by atoms with van der Waals surface area (Å²) >= 11 is 1.68. The van der Waals surface area contributed by atoms with Gasteiger partial charge in [-0.25, -0.2) is 0 Å². The summed E-state index contributed by atoms with van der Waals surface area (Å²) < 4.78 is 0. The number of carbonyl (C=O) groups is 1. The van der Waals surface area contributed by atoms with Gasteiger partial charge in [-0.1, -0.05) is 12.5 Å². The van der Waals surface area contributed by atoms with Gasteiger partial charge in [-0.3, -0.25) is 4.79 Å². The third kappa shape index (κ3) is 6.28. The first-order valence-electron chi connectivity index (χ1n) is 3.99. The van der Waals surface area contributed by atoms with Crippen molar-refractivity contribution in [3.05, 3.63) is 12.2 Å². The summed E-state index contributed by atoms with van der Waals surface area (Å²) in [4.78, 5) is 10.4. The summed E-state index contributed by atoms with van der Waals surface area (Å²) in [5.74, 6) is 0.730. The van der Waals surface area contributed by atoms with Crippen LogP contribution in [0.5, 0.6) is 0 Å². The van der Waals surface area contributed by atoms with Crippen LogP contribution in [0.1, 0.15) is 20.3 Å². The number of carboxylic acid groups (broad SMARTS) is 1. The van der Waals surface area contributed by atoms with Gasteiger partial charge >= 0.3 is 5.97 Å². The molecular formula is C9H16O2S. The number of carboxylic acids is 1. The van der Waals surface area contributed by atoms with Crippen LogP contribution in [0.4, 0.5) is 0 Å². The Morgan fingerprint density at radius 2 is 2.25 bits per heavy atom. The van der Waals surface area contributed by atoms with Crippen molar-refractivity contribution < 1.29 is 9.90 Å². The predicted molar refractivity (Wildman–Crippen MR) is 53.6 cm³/mol. The fraction of sp³-hybridized carbons (Fsp3) is 0.667. The third-order valence-electron chi connectivity index (χ3n) is 1.46. The third-order valence-corrected chi connectivity index (χ3v) is 2.69. The molecule has 0 heterocycles. The molecule has 0 saturated carbocycles. The lowest BCUT2D eigenvalue weighted by atomic mass is 10.2. The molecule has 1 atom stereocenters. The molecule has 0 aliphatic carbocycles. The normalized spacial score (nSPS) is 12.5. The topological polar surface area (TPSA) is 37.3 Å². The second-order valence-corrected chi connectivity index (χ2v) is 4.17. The zero-order valence-electron chi connectivity index (χ0n) is 7.67. The second-order valence-electron chi connectivity index (χ2n) is 3.02. The maximum atomic E-state index is 10.4. The molecule has 0 aromatic carbocycles. The molecule has 0 rings (SSSR count).